The van der Waals surface area contributed by atoms with Crippen LogP contribution in [0.4, 0.5) is 5.95 Å². The molecule has 0 fully saturated rings. The topological polar surface area (TPSA) is 99.9 Å². The van der Waals surface area contributed by atoms with E-state index in [0.717, 1.165) is 0 Å². The molecule has 96 valence electrons. The molecule has 0 spiro atoms. The number of aromatic nitrogens is 2. The first kappa shape index (κ1) is 13.9. The van der Waals surface area contributed by atoms with Crippen LogP contribution in [0.25, 0.3) is 0 Å². The predicted molar refractivity (Wildman–Crippen MR) is 64.7 cm³/mol. The molecule has 1 aromatic rings. The minimum Gasteiger partial charge on any atom is -0.383 e. The Morgan fingerprint density at radius 2 is 2.44 bits per heavy atom. The van der Waals surface area contributed by atoms with Crippen molar-refractivity contribution in [3.05, 3.63) is 18.0 Å². The Morgan fingerprint density at radius 1 is 1.67 bits per heavy atom. The van der Waals surface area contributed by atoms with Crippen molar-refractivity contribution in [2.45, 2.75) is 13.0 Å². The van der Waals surface area contributed by atoms with Crippen LogP contribution in [-0.4, -0.2) is 42.2 Å². The molecule has 0 radical (unpaired) electrons. The lowest BCUT2D eigenvalue weighted by atomic mass is 10.3. The molecule has 0 bridgehead atoms. The number of hydrogen-bond donors (Lipinski definition) is 2. The average Bonchev–Trinajstić information content (AvgIpc) is 2.39. The summed E-state index contributed by atoms with van der Waals surface area (Å²) in [7, 11) is 1.56. The van der Waals surface area contributed by atoms with Crippen LogP contribution >= 0.6 is 0 Å². The number of amides is 1. The second-order valence-corrected chi connectivity index (χ2v) is 3.53. The summed E-state index contributed by atoms with van der Waals surface area (Å²) in [6.45, 7) is 2.59. The molecule has 1 unspecified atom stereocenters. The third-order valence-corrected chi connectivity index (χ3v) is 2.11. The molecule has 18 heavy (non-hydrogen) atoms. The third-order valence-electron chi connectivity index (χ3n) is 2.11. The molecule has 1 heterocycles. The van der Waals surface area contributed by atoms with E-state index < -0.39 is 6.04 Å². The molecule has 7 nitrogen and oxygen atoms in total. The first-order valence-corrected chi connectivity index (χ1v) is 5.43. The van der Waals surface area contributed by atoms with Gasteiger partial charge in [-0.05, 0) is 13.0 Å². The maximum Gasteiger partial charge on any atom is 0.242 e. The number of nitrogens with zero attached hydrogens (tertiary/aromatic N) is 3. The molecule has 1 atom stereocenters. The Bertz CT molecular complexity index is 443. The number of ether oxygens (including phenoxy) is 1. The van der Waals surface area contributed by atoms with Gasteiger partial charge in [0, 0.05) is 19.9 Å². The van der Waals surface area contributed by atoms with Crippen LogP contribution in [0.15, 0.2) is 12.3 Å². The van der Waals surface area contributed by atoms with E-state index in [4.69, 9.17) is 10.00 Å². The van der Waals surface area contributed by atoms with Crippen LogP contribution in [0.1, 0.15) is 12.6 Å². The zero-order valence-corrected chi connectivity index (χ0v) is 10.3. The van der Waals surface area contributed by atoms with E-state index in [9.17, 15) is 4.79 Å². The van der Waals surface area contributed by atoms with Gasteiger partial charge in [-0.1, -0.05) is 0 Å². The zero-order chi connectivity index (χ0) is 13.4. The lowest BCUT2D eigenvalue weighted by Crippen LogP contribution is -2.39. The molecule has 0 aromatic carbocycles. The Balaban J connectivity index is 2.50. The number of carbonyl (C=O) groups is 1. The summed E-state index contributed by atoms with van der Waals surface area (Å²) in [6.07, 6.45) is 1.46. The van der Waals surface area contributed by atoms with Gasteiger partial charge in [0.15, 0.2) is 0 Å². The van der Waals surface area contributed by atoms with Crippen LogP contribution in [0.5, 0.6) is 0 Å². The molecule has 1 aromatic heterocycles. The highest BCUT2D eigenvalue weighted by Gasteiger charge is 2.13. The fourth-order valence-electron chi connectivity index (χ4n) is 1.18. The summed E-state index contributed by atoms with van der Waals surface area (Å²) >= 11 is 0. The van der Waals surface area contributed by atoms with E-state index in [1.54, 1.807) is 14.0 Å². The largest absolute Gasteiger partial charge is 0.383 e. The Morgan fingerprint density at radius 3 is 3.11 bits per heavy atom. The first-order valence-electron chi connectivity index (χ1n) is 5.43. The normalized spacial score (nSPS) is 11.4. The van der Waals surface area contributed by atoms with Crippen molar-refractivity contribution in [3.8, 4) is 6.07 Å². The van der Waals surface area contributed by atoms with Crippen molar-refractivity contribution in [3.63, 3.8) is 0 Å². The summed E-state index contributed by atoms with van der Waals surface area (Å²) < 4.78 is 4.82. The summed E-state index contributed by atoms with van der Waals surface area (Å²) in [5.41, 5.74) is 0.250. The molecule has 2 N–H and O–H groups in total. The van der Waals surface area contributed by atoms with Crippen molar-refractivity contribution in [2.75, 3.05) is 25.6 Å². The second kappa shape index (κ2) is 7.19. The van der Waals surface area contributed by atoms with E-state index in [0.29, 0.717) is 13.2 Å². The smallest absolute Gasteiger partial charge is 0.242 e. The lowest BCUT2D eigenvalue weighted by molar-refractivity contribution is -0.121. The molecule has 1 rings (SSSR count). The van der Waals surface area contributed by atoms with Gasteiger partial charge in [-0.2, -0.15) is 5.26 Å². The van der Waals surface area contributed by atoms with E-state index in [1.165, 1.54) is 12.3 Å². The maximum absolute atomic E-state index is 11.6. The van der Waals surface area contributed by atoms with E-state index in [1.807, 2.05) is 6.07 Å². The molecule has 0 aliphatic carbocycles. The van der Waals surface area contributed by atoms with Crippen molar-refractivity contribution in [1.82, 2.24) is 15.3 Å². The highest BCUT2D eigenvalue weighted by atomic mass is 16.5. The summed E-state index contributed by atoms with van der Waals surface area (Å²) in [5, 5.41) is 14.2. The molecule has 0 saturated carbocycles. The minimum absolute atomic E-state index is 0.182. The molecule has 0 aliphatic rings. The average molecular weight is 249 g/mol. The number of anilines is 1. The molecule has 0 saturated heterocycles. The Hall–Kier alpha value is -2.20. The minimum atomic E-state index is -0.490. The van der Waals surface area contributed by atoms with Crippen molar-refractivity contribution < 1.29 is 9.53 Å². The maximum atomic E-state index is 11.6. The van der Waals surface area contributed by atoms with Gasteiger partial charge in [0.1, 0.15) is 17.8 Å². The van der Waals surface area contributed by atoms with Gasteiger partial charge in [0.2, 0.25) is 11.9 Å². The van der Waals surface area contributed by atoms with Crippen LogP contribution in [0.2, 0.25) is 0 Å². The standard InChI is InChI=1S/C11H15N5O2/c1-8(10(17)13-5-6-18-2)15-11-14-4-3-9(7-12)16-11/h3-4,8H,5-6H2,1-2H3,(H,13,17)(H,14,15,16). The number of rotatable bonds is 6. The molecule has 1 amide bonds. The summed E-state index contributed by atoms with van der Waals surface area (Å²) in [6, 6.07) is 2.91. The van der Waals surface area contributed by atoms with Crippen LogP contribution in [-0.2, 0) is 9.53 Å². The van der Waals surface area contributed by atoms with Gasteiger partial charge >= 0.3 is 0 Å². The van der Waals surface area contributed by atoms with Crippen LogP contribution < -0.4 is 10.6 Å². The molecule has 0 aliphatic heterocycles. The highest BCUT2D eigenvalue weighted by molar-refractivity contribution is 5.83. The van der Waals surface area contributed by atoms with Crippen molar-refractivity contribution >= 4 is 11.9 Å². The fourth-order valence-corrected chi connectivity index (χ4v) is 1.18. The molecular formula is C11H15N5O2. The Kier molecular flexibility index (Phi) is 5.54. The summed E-state index contributed by atoms with van der Waals surface area (Å²) in [5.74, 6) is 0.0708. The van der Waals surface area contributed by atoms with Gasteiger partial charge in [-0.15, -0.1) is 0 Å². The number of carbonyl (C=O) groups excluding carboxylic acids is 1. The zero-order valence-electron chi connectivity index (χ0n) is 10.3. The lowest BCUT2D eigenvalue weighted by Gasteiger charge is -2.13. The van der Waals surface area contributed by atoms with Gasteiger partial charge in [0.25, 0.3) is 0 Å². The fraction of sp³-hybridized carbons (Fsp3) is 0.455. The van der Waals surface area contributed by atoms with Crippen molar-refractivity contribution in [2.24, 2.45) is 0 Å². The Labute approximate surface area is 105 Å². The SMILES string of the molecule is COCCNC(=O)C(C)Nc1nccc(C#N)n1. The van der Waals surface area contributed by atoms with E-state index in [-0.39, 0.29) is 17.5 Å². The highest BCUT2D eigenvalue weighted by Crippen LogP contribution is 2.01. The first-order chi connectivity index (χ1) is 8.67. The van der Waals surface area contributed by atoms with Crippen LogP contribution in [0.3, 0.4) is 0 Å². The number of nitriles is 1. The van der Waals surface area contributed by atoms with Crippen molar-refractivity contribution in [1.29, 1.82) is 5.26 Å². The monoisotopic (exact) mass is 249 g/mol. The predicted octanol–water partition coefficient (Wildman–Crippen LogP) is -0.0887. The number of nitrogens with one attached hydrogen (secondary N) is 2. The van der Waals surface area contributed by atoms with Gasteiger partial charge in [-0.3, -0.25) is 4.79 Å². The number of methoxy groups -OCH3 is 1. The van der Waals surface area contributed by atoms with Gasteiger partial charge in [0.05, 0.1) is 6.61 Å². The van der Waals surface area contributed by atoms with Crippen LogP contribution in [0, 0.1) is 11.3 Å². The molecule has 7 heteroatoms. The second-order valence-electron chi connectivity index (χ2n) is 3.53. The van der Waals surface area contributed by atoms with E-state index in [2.05, 4.69) is 20.6 Å². The quantitative estimate of drug-likeness (QED) is 0.683. The molecular weight excluding hydrogens is 234 g/mol. The summed E-state index contributed by atoms with van der Waals surface area (Å²) in [4.78, 5) is 19.5. The van der Waals surface area contributed by atoms with E-state index >= 15 is 0 Å². The van der Waals surface area contributed by atoms with Gasteiger partial charge in [-0.25, -0.2) is 9.97 Å². The number of hydrogen-bond acceptors (Lipinski definition) is 6. The third kappa shape index (κ3) is 4.35. The van der Waals surface area contributed by atoms with Gasteiger partial charge < -0.3 is 15.4 Å².